The number of hydrogen-bond acceptors (Lipinski definition) is 5. The zero-order valence-corrected chi connectivity index (χ0v) is 46.4. The van der Waals surface area contributed by atoms with E-state index in [0.717, 1.165) is 149 Å². The molecule has 0 atom stereocenters. The molecular formula is C78H54N2O3. The van der Waals surface area contributed by atoms with E-state index < -0.39 is 0 Å². The van der Waals surface area contributed by atoms with Crippen LogP contribution in [0.15, 0.2) is 268 Å². The van der Waals surface area contributed by atoms with Crippen molar-refractivity contribution in [1.29, 1.82) is 0 Å². The molecule has 0 spiro atoms. The minimum Gasteiger partial charge on any atom is -0.455 e. The molecule has 0 bridgehead atoms. The molecule has 5 nitrogen and oxygen atoms in total. The van der Waals surface area contributed by atoms with Gasteiger partial charge in [0.2, 0.25) is 0 Å². The molecule has 0 amide bonds. The number of furan rings is 3. The van der Waals surface area contributed by atoms with Gasteiger partial charge in [-0.3, -0.25) is 0 Å². The van der Waals surface area contributed by atoms with Gasteiger partial charge in [-0.15, -0.1) is 0 Å². The van der Waals surface area contributed by atoms with E-state index in [2.05, 4.69) is 292 Å². The summed E-state index contributed by atoms with van der Waals surface area (Å²) < 4.78 is 21.8. The average molecular weight is 1070 g/mol. The molecule has 0 saturated carbocycles. The topological polar surface area (TPSA) is 45.9 Å². The predicted octanol–water partition coefficient (Wildman–Crippen LogP) is 22.9. The van der Waals surface area contributed by atoms with Gasteiger partial charge in [0.05, 0.1) is 22.7 Å². The number of para-hydroxylation sites is 4. The molecule has 5 heteroatoms. The van der Waals surface area contributed by atoms with Gasteiger partial charge in [-0.25, -0.2) is 0 Å². The van der Waals surface area contributed by atoms with Crippen molar-refractivity contribution in [2.45, 2.75) is 27.7 Å². The van der Waals surface area contributed by atoms with Crippen molar-refractivity contribution in [3.63, 3.8) is 0 Å². The second kappa shape index (κ2) is 19.0. The van der Waals surface area contributed by atoms with E-state index >= 15 is 0 Å². The van der Waals surface area contributed by atoms with E-state index in [1.54, 1.807) is 0 Å². The van der Waals surface area contributed by atoms with Crippen LogP contribution in [0.5, 0.6) is 0 Å². The Bertz CT molecular complexity index is 5220. The molecule has 0 aliphatic rings. The first-order valence-corrected chi connectivity index (χ1v) is 28.5. The Morgan fingerprint density at radius 2 is 0.578 bits per heavy atom. The Labute approximate surface area is 480 Å². The first-order chi connectivity index (χ1) is 40.8. The summed E-state index contributed by atoms with van der Waals surface area (Å²) in [5, 5.41) is 10.4. The van der Waals surface area contributed by atoms with Gasteiger partial charge in [0, 0.05) is 76.4 Å². The number of benzene rings is 13. The highest BCUT2D eigenvalue weighted by Gasteiger charge is 2.28. The predicted molar refractivity (Wildman–Crippen MR) is 348 cm³/mol. The number of nitrogens with zero attached hydrogens (tertiary/aromatic N) is 2. The molecule has 0 saturated heterocycles. The molecule has 16 rings (SSSR count). The van der Waals surface area contributed by atoms with Crippen molar-refractivity contribution in [3.8, 4) is 33.4 Å². The third-order valence-electron chi connectivity index (χ3n) is 16.7. The molecule has 394 valence electrons. The van der Waals surface area contributed by atoms with Gasteiger partial charge < -0.3 is 23.1 Å². The van der Waals surface area contributed by atoms with Crippen LogP contribution in [0.1, 0.15) is 22.3 Å². The second-order valence-corrected chi connectivity index (χ2v) is 22.3. The van der Waals surface area contributed by atoms with Gasteiger partial charge in [-0.05, 0) is 110 Å². The Balaban J connectivity index is 0.975. The standard InChI is InChI=1S/C78H54N2O3/c1-47-39-48(2)42-54(41-47)51-35-37-55(38-36-51)79(69-33-17-31-65-63-29-15-27-57(73(63)82-77(65)69)52-19-7-5-8-20-52)71-45-67-68-46-72(60-24-12-14-26-62(60)76(68)81-75(67)61-25-13-11-23-59(61)71)80(56-43-49(3)40-50(4)44-56)70-34-18-32-66-64-30-16-28-58(74(64)83-78(66)70)53-21-9-6-10-22-53/h5-46H,1-4H3. The van der Waals surface area contributed by atoms with E-state index in [0.29, 0.717) is 0 Å². The molecule has 0 unspecified atom stereocenters. The zero-order valence-electron chi connectivity index (χ0n) is 46.4. The first kappa shape index (κ1) is 48.3. The summed E-state index contributed by atoms with van der Waals surface area (Å²) in [6, 6.07) is 91.8. The summed E-state index contributed by atoms with van der Waals surface area (Å²) in [7, 11) is 0. The maximum absolute atomic E-state index is 7.35. The van der Waals surface area contributed by atoms with Crippen LogP contribution in [0, 0.1) is 27.7 Å². The molecule has 0 aliphatic heterocycles. The van der Waals surface area contributed by atoms with Gasteiger partial charge >= 0.3 is 0 Å². The van der Waals surface area contributed by atoms with E-state index in [1.807, 2.05) is 0 Å². The molecule has 3 heterocycles. The van der Waals surface area contributed by atoms with Crippen molar-refractivity contribution in [1.82, 2.24) is 0 Å². The van der Waals surface area contributed by atoms with Crippen LogP contribution in [0.4, 0.5) is 34.1 Å². The van der Waals surface area contributed by atoms with Crippen molar-refractivity contribution >= 4 is 121 Å². The quantitative estimate of drug-likeness (QED) is 0.144. The highest BCUT2D eigenvalue weighted by atomic mass is 16.3. The van der Waals surface area contributed by atoms with Crippen LogP contribution in [0.2, 0.25) is 0 Å². The maximum atomic E-state index is 7.35. The van der Waals surface area contributed by atoms with Crippen molar-refractivity contribution in [3.05, 3.63) is 277 Å². The lowest BCUT2D eigenvalue weighted by Gasteiger charge is -2.28. The molecule has 0 N–H and O–H groups in total. The van der Waals surface area contributed by atoms with Gasteiger partial charge in [-0.2, -0.15) is 0 Å². The SMILES string of the molecule is Cc1cc(C)cc(-c2ccc(N(c3cc4c5cc(N(c6cc(C)cc(C)c6)c6cccc7c6oc6c(-c8ccccc8)cccc67)c6ccccc6c5oc4c4ccccc34)c3cccc4c3oc3c(-c5ccccc5)cccc34)cc2)c1. The van der Waals surface area contributed by atoms with Crippen LogP contribution >= 0.6 is 0 Å². The van der Waals surface area contributed by atoms with Crippen LogP contribution < -0.4 is 9.80 Å². The normalized spacial score (nSPS) is 11.9. The first-order valence-electron chi connectivity index (χ1n) is 28.5. The third-order valence-corrected chi connectivity index (χ3v) is 16.7. The smallest absolute Gasteiger partial charge is 0.159 e. The third kappa shape index (κ3) is 7.84. The molecule has 0 aliphatic carbocycles. The minimum absolute atomic E-state index is 0.804. The fourth-order valence-corrected chi connectivity index (χ4v) is 13.2. The Kier molecular flexibility index (Phi) is 11.1. The average Bonchev–Trinajstić information content (AvgIpc) is 2.72. The fourth-order valence-electron chi connectivity index (χ4n) is 13.2. The van der Waals surface area contributed by atoms with Crippen LogP contribution in [-0.2, 0) is 0 Å². The van der Waals surface area contributed by atoms with Crippen molar-refractivity contribution < 1.29 is 13.3 Å². The zero-order chi connectivity index (χ0) is 55.4. The number of aryl methyl sites for hydroxylation is 4. The Hall–Kier alpha value is -10.6. The molecule has 16 aromatic rings. The van der Waals surface area contributed by atoms with Crippen molar-refractivity contribution in [2.24, 2.45) is 0 Å². The van der Waals surface area contributed by atoms with E-state index in [-0.39, 0.29) is 0 Å². The molecular weight excluding hydrogens is 1010 g/mol. The van der Waals surface area contributed by atoms with Crippen LogP contribution in [0.3, 0.4) is 0 Å². The highest BCUT2D eigenvalue weighted by Crippen LogP contribution is 2.52. The summed E-state index contributed by atoms with van der Waals surface area (Å²) in [6.45, 7) is 8.69. The largest absolute Gasteiger partial charge is 0.455 e. The number of rotatable bonds is 9. The van der Waals surface area contributed by atoms with E-state index in [9.17, 15) is 0 Å². The van der Waals surface area contributed by atoms with E-state index in [1.165, 1.54) is 27.8 Å². The lowest BCUT2D eigenvalue weighted by atomic mass is 9.98. The summed E-state index contributed by atoms with van der Waals surface area (Å²) in [6.07, 6.45) is 0. The van der Waals surface area contributed by atoms with Crippen molar-refractivity contribution in [2.75, 3.05) is 9.80 Å². The van der Waals surface area contributed by atoms with Crippen LogP contribution in [0.25, 0.3) is 121 Å². The fraction of sp³-hybridized carbons (Fsp3) is 0.0513. The van der Waals surface area contributed by atoms with Crippen LogP contribution in [-0.4, -0.2) is 0 Å². The molecule has 0 fully saturated rings. The minimum atomic E-state index is 0.804. The van der Waals surface area contributed by atoms with Gasteiger partial charge in [0.25, 0.3) is 0 Å². The van der Waals surface area contributed by atoms with E-state index in [4.69, 9.17) is 13.3 Å². The molecule has 0 radical (unpaired) electrons. The Morgan fingerprint density at radius 3 is 1.05 bits per heavy atom. The molecule has 3 aromatic heterocycles. The summed E-state index contributed by atoms with van der Waals surface area (Å²) in [5.74, 6) is 0. The lowest BCUT2D eigenvalue weighted by Crippen LogP contribution is -2.11. The Morgan fingerprint density at radius 1 is 0.217 bits per heavy atom. The highest BCUT2D eigenvalue weighted by molar-refractivity contribution is 6.26. The lowest BCUT2D eigenvalue weighted by molar-refractivity contribution is 0.670. The summed E-state index contributed by atoms with van der Waals surface area (Å²) in [4.78, 5) is 4.81. The van der Waals surface area contributed by atoms with Gasteiger partial charge in [-0.1, -0.05) is 217 Å². The number of hydrogen-bond donors (Lipinski definition) is 0. The second-order valence-electron chi connectivity index (χ2n) is 22.3. The molecule has 83 heavy (non-hydrogen) atoms. The number of fused-ring (bicyclic) bond motifs is 13. The van der Waals surface area contributed by atoms with Gasteiger partial charge in [0.15, 0.2) is 11.2 Å². The summed E-state index contributed by atoms with van der Waals surface area (Å²) >= 11 is 0. The summed E-state index contributed by atoms with van der Waals surface area (Å²) in [5.41, 5.74) is 22.4. The molecule has 13 aromatic carbocycles. The maximum Gasteiger partial charge on any atom is 0.159 e. The monoisotopic (exact) mass is 1070 g/mol. The van der Waals surface area contributed by atoms with Gasteiger partial charge in [0.1, 0.15) is 22.3 Å². The number of anilines is 6.